The molecule has 0 bridgehead atoms. The third-order valence-corrected chi connectivity index (χ3v) is 4.12. The van der Waals surface area contributed by atoms with Crippen LogP contribution >= 0.6 is 0 Å². The highest BCUT2D eigenvalue weighted by Crippen LogP contribution is 2.35. The number of rotatable bonds is 6. The van der Waals surface area contributed by atoms with E-state index in [1.165, 1.54) is 13.3 Å². The molecule has 2 aromatic carbocycles. The van der Waals surface area contributed by atoms with Gasteiger partial charge in [-0.15, -0.1) is 0 Å². The lowest BCUT2D eigenvalue weighted by molar-refractivity contribution is -0.384. The molecule has 1 aromatic heterocycles. The first kappa shape index (κ1) is 21.6. The van der Waals surface area contributed by atoms with Gasteiger partial charge in [-0.3, -0.25) is 15.5 Å². The Balaban J connectivity index is 1.73. The van der Waals surface area contributed by atoms with Gasteiger partial charge in [0.25, 0.3) is 5.69 Å². The van der Waals surface area contributed by atoms with Gasteiger partial charge in [-0.1, -0.05) is 12.1 Å². The monoisotopic (exact) mass is 433 g/mol. The van der Waals surface area contributed by atoms with Crippen molar-refractivity contribution in [3.05, 3.63) is 81.6 Å². The Hall–Kier alpha value is -4.15. The minimum absolute atomic E-state index is 0.209. The first-order valence-corrected chi connectivity index (χ1v) is 8.62. The van der Waals surface area contributed by atoms with Crippen molar-refractivity contribution in [2.45, 2.75) is 6.18 Å². The van der Waals surface area contributed by atoms with E-state index in [-0.39, 0.29) is 11.4 Å². The molecule has 0 spiro atoms. The first-order chi connectivity index (χ1) is 14.7. The highest BCUT2D eigenvalue weighted by Gasteiger charge is 2.33. The number of anilines is 1. The maximum atomic E-state index is 12.8. The van der Waals surface area contributed by atoms with Crippen molar-refractivity contribution in [1.29, 1.82) is 0 Å². The summed E-state index contributed by atoms with van der Waals surface area (Å²) in [6, 6.07) is 11.8. The van der Waals surface area contributed by atoms with Crippen molar-refractivity contribution in [2.24, 2.45) is 5.10 Å². The lowest BCUT2D eigenvalue weighted by Gasteiger charge is -2.08. The van der Waals surface area contributed by atoms with E-state index in [0.717, 1.165) is 6.07 Å². The Morgan fingerprint density at radius 1 is 1.16 bits per heavy atom. The highest BCUT2D eigenvalue weighted by molar-refractivity contribution is 5.89. The topological polar surface area (TPSA) is 107 Å². The van der Waals surface area contributed by atoms with Crippen LogP contribution in [-0.2, 0) is 10.9 Å². The van der Waals surface area contributed by atoms with Crippen molar-refractivity contribution in [2.75, 3.05) is 12.5 Å². The van der Waals surface area contributed by atoms with Crippen molar-refractivity contribution < 1.29 is 32.0 Å². The predicted octanol–water partition coefficient (Wildman–Crippen LogP) is 5.11. The first-order valence-electron chi connectivity index (χ1n) is 8.62. The molecule has 3 rings (SSSR count). The number of hydrazone groups is 1. The fraction of sp³-hybridized carbons (Fsp3) is 0.100. The van der Waals surface area contributed by atoms with E-state index < -0.39 is 28.3 Å². The predicted molar refractivity (Wildman–Crippen MR) is 105 cm³/mol. The Bertz CT molecular complexity index is 1140. The largest absolute Gasteiger partial charge is 0.465 e. The van der Waals surface area contributed by atoms with E-state index in [1.54, 1.807) is 36.4 Å². The minimum atomic E-state index is -4.70. The van der Waals surface area contributed by atoms with Crippen LogP contribution in [0.1, 0.15) is 21.7 Å². The molecule has 8 nitrogen and oxygen atoms in total. The van der Waals surface area contributed by atoms with Crippen LogP contribution < -0.4 is 5.43 Å². The molecule has 0 unspecified atom stereocenters. The smallest absolute Gasteiger partial charge is 0.416 e. The van der Waals surface area contributed by atoms with Crippen LogP contribution in [0.3, 0.4) is 0 Å². The summed E-state index contributed by atoms with van der Waals surface area (Å²) in [5.74, 6) is 0.287. The third kappa shape index (κ3) is 5.07. The fourth-order valence-electron chi connectivity index (χ4n) is 2.58. The summed E-state index contributed by atoms with van der Waals surface area (Å²) in [7, 11) is 1.28. The molecule has 3 aromatic rings. The Labute approximate surface area is 173 Å². The number of ether oxygens (including phenoxy) is 1. The number of benzene rings is 2. The van der Waals surface area contributed by atoms with E-state index in [1.807, 2.05) is 0 Å². The molecular weight excluding hydrogens is 419 g/mol. The van der Waals surface area contributed by atoms with Gasteiger partial charge in [0.05, 0.1) is 29.4 Å². The SMILES string of the molecule is COC(=O)c1ccc(-c2ccc(/C=N\Nc3ccc(C(F)(F)F)cc3[N+](=O)[O-])o2)cc1. The van der Waals surface area contributed by atoms with Gasteiger partial charge in [0, 0.05) is 11.6 Å². The maximum absolute atomic E-state index is 12.8. The molecule has 0 aliphatic rings. The van der Waals surface area contributed by atoms with E-state index in [9.17, 15) is 28.1 Å². The maximum Gasteiger partial charge on any atom is 0.416 e. The summed E-state index contributed by atoms with van der Waals surface area (Å²) in [5.41, 5.74) is 1.29. The minimum Gasteiger partial charge on any atom is -0.465 e. The Morgan fingerprint density at radius 2 is 1.87 bits per heavy atom. The molecule has 0 saturated carbocycles. The average Bonchev–Trinajstić information content (AvgIpc) is 3.21. The summed E-state index contributed by atoms with van der Waals surface area (Å²) in [5, 5.41) is 14.9. The number of furan rings is 1. The molecule has 0 fully saturated rings. The standard InChI is InChI=1S/C20H14F3N3O5/c1-30-19(27)13-4-2-12(3-5-13)18-9-7-15(31-18)11-24-25-16-8-6-14(20(21,22)23)10-17(16)26(28)29/h2-11,25H,1H3/b24-11-. The number of nitro groups is 1. The number of carbonyl (C=O) groups excluding carboxylic acids is 1. The number of nitrogens with zero attached hydrogens (tertiary/aromatic N) is 2. The molecule has 1 heterocycles. The molecule has 0 atom stereocenters. The van der Waals surface area contributed by atoms with Crippen LogP contribution in [0.25, 0.3) is 11.3 Å². The van der Waals surface area contributed by atoms with Crippen LogP contribution in [-0.4, -0.2) is 24.2 Å². The molecule has 11 heteroatoms. The van der Waals surface area contributed by atoms with Crippen molar-refractivity contribution >= 4 is 23.6 Å². The molecule has 160 valence electrons. The number of hydrogen-bond donors (Lipinski definition) is 1. The lowest BCUT2D eigenvalue weighted by atomic mass is 10.1. The molecule has 31 heavy (non-hydrogen) atoms. The fourth-order valence-corrected chi connectivity index (χ4v) is 2.58. The summed E-state index contributed by atoms with van der Waals surface area (Å²) in [6.45, 7) is 0. The van der Waals surface area contributed by atoms with Crippen LogP contribution in [0.15, 0.2) is 64.1 Å². The number of hydrogen-bond acceptors (Lipinski definition) is 7. The van der Waals surface area contributed by atoms with E-state index >= 15 is 0 Å². The Morgan fingerprint density at radius 3 is 2.48 bits per heavy atom. The van der Waals surface area contributed by atoms with Crippen LogP contribution in [0, 0.1) is 10.1 Å². The van der Waals surface area contributed by atoms with E-state index in [2.05, 4.69) is 15.3 Å². The molecule has 0 amide bonds. The van der Waals surface area contributed by atoms with Gasteiger partial charge < -0.3 is 9.15 Å². The summed E-state index contributed by atoms with van der Waals surface area (Å²) in [4.78, 5) is 21.6. The van der Waals surface area contributed by atoms with E-state index in [0.29, 0.717) is 29.0 Å². The normalized spacial score (nSPS) is 11.5. The van der Waals surface area contributed by atoms with Crippen molar-refractivity contribution in [1.82, 2.24) is 0 Å². The zero-order valence-corrected chi connectivity index (χ0v) is 15.8. The lowest BCUT2D eigenvalue weighted by Crippen LogP contribution is -2.06. The van der Waals surface area contributed by atoms with Crippen LogP contribution in [0.2, 0.25) is 0 Å². The molecular formula is C20H14F3N3O5. The molecule has 1 N–H and O–H groups in total. The molecule has 0 saturated heterocycles. The molecule has 0 aliphatic heterocycles. The second-order valence-electron chi connectivity index (χ2n) is 6.13. The third-order valence-electron chi connectivity index (χ3n) is 4.12. The number of esters is 1. The molecule has 0 aliphatic carbocycles. The number of halogens is 3. The Kier molecular flexibility index (Phi) is 6.05. The zero-order chi connectivity index (χ0) is 22.6. The van der Waals surface area contributed by atoms with Gasteiger partial charge in [-0.05, 0) is 36.4 Å². The summed E-state index contributed by atoms with van der Waals surface area (Å²) < 4.78 is 48.5. The second kappa shape index (κ2) is 8.69. The van der Waals surface area contributed by atoms with Crippen molar-refractivity contribution in [3.8, 4) is 11.3 Å². The number of nitrogens with one attached hydrogen (secondary N) is 1. The number of carbonyl (C=O) groups is 1. The van der Waals surface area contributed by atoms with Gasteiger partial charge in [0.1, 0.15) is 17.2 Å². The van der Waals surface area contributed by atoms with Crippen molar-refractivity contribution in [3.63, 3.8) is 0 Å². The second-order valence-corrected chi connectivity index (χ2v) is 6.13. The zero-order valence-electron chi connectivity index (χ0n) is 15.8. The molecule has 0 radical (unpaired) electrons. The quantitative estimate of drug-likeness (QED) is 0.251. The van der Waals surface area contributed by atoms with Gasteiger partial charge in [-0.2, -0.15) is 18.3 Å². The summed E-state index contributed by atoms with van der Waals surface area (Å²) >= 11 is 0. The van der Waals surface area contributed by atoms with Gasteiger partial charge >= 0.3 is 12.1 Å². The van der Waals surface area contributed by atoms with Gasteiger partial charge in [-0.25, -0.2) is 4.79 Å². The number of nitro benzene ring substituents is 1. The van der Waals surface area contributed by atoms with Gasteiger partial charge in [0.15, 0.2) is 0 Å². The summed E-state index contributed by atoms with van der Waals surface area (Å²) in [6.07, 6.45) is -3.49. The number of alkyl halides is 3. The average molecular weight is 433 g/mol. The number of methoxy groups -OCH3 is 1. The highest BCUT2D eigenvalue weighted by atomic mass is 19.4. The van der Waals surface area contributed by atoms with Gasteiger partial charge in [0.2, 0.25) is 0 Å². The van der Waals surface area contributed by atoms with Crippen LogP contribution in [0.4, 0.5) is 24.5 Å². The van der Waals surface area contributed by atoms with E-state index in [4.69, 9.17) is 4.42 Å². The van der Waals surface area contributed by atoms with Crippen LogP contribution in [0.5, 0.6) is 0 Å².